The molecule has 3 heterocycles. The van der Waals surface area contributed by atoms with Gasteiger partial charge in [0.1, 0.15) is 5.82 Å². The third-order valence-electron chi connectivity index (χ3n) is 3.93. The summed E-state index contributed by atoms with van der Waals surface area (Å²) in [7, 11) is 0. The number of nitrogens with one attached hydrogen (secondary N) is 2. The van der Waals surface area contributed by atoms with Crippen LogP contribution in [0.4, 0.5) is 5.82 Å². The molecule has 28 heavy (non-hydrogen) atoms. The SMILES string of the molecule is Cc1ccc(-n2nc(C)cc2NC(=O)CSc2n[nH]c(-c3cccs3)n2)cc1. The first kappa shape index (κ1) is 18.5. The fourth-order valence-corrected chi connectivity index (χ4v) is 3.88. The third kappa shape index (κ3) is 4.15. The Kier molecular flexibility index (Phi) is 5.27. The zero-order valence-corrected chi connectivity index (χ0v) is 17.0. The molecule has 3 aromatic heterocycles. The fourth-order valence-electron chi connectivity index (χ4n) is 2.61. The molecule has 0 saturated carbocycles. The number of amides is 1. The standard InChI is InChI=1S/C19H18N6OS2/c1-12-5-7-14(8-6-12)25-16(10-13(2)24-25)20-17(26)11-28-19-21-18(22-23-19)15-4-3-9-27-15/h3-10H,11H2,1-2H3,(H,20,26)(H,21,22,23). The second kappa shape index (κ2) is 7.99. The normalized spacial score (nSPS) is 10.9. The number of aromatic nitrogens is 5. The summed E-state index contributed by atoms with van der Waals surface area (Å²) in [5.74, 6) is 1.42. The molecule has 0 fully saturated rings. The molecule has 2 N–H and O–H groups in total. The van der Waals surface area contributed by atoms with E-state index in [-0.39, 0.29) is 11.7 Å². The lowest BCUT2D eigenvalue weighted by molar-refractivity contribution is -0.113. The Balaban J connectivity index is 1.41. The molecule has 0 saturated heterocycles. The van der Waals surface area contributed by atoms with Crippen molar-refractivity contribution in [1.82, 2.24) is 25.0 Å². The first-order valence-corrected chi connectivity index (χ1v) is 10.5. The van der Waals surface area contributed by atoms with Gasteiger partial charge >= 0.3 is 0 Å². The molecule has 0 unspecified atom stereocenters. The monoisotopic (exact) mass is 410 g/mol. The van der Waals surface area contributed by atoms with Crippen molar-refractivity contribution in [2.75, 3.05) is 11.1 Å². The van der Waals surface area contributed by atoms with Crippen LogP contribution in [-0.4, -0.2) is 36.6 Å². The zero-order valence-electron chi connectivity index (χ0n) is 15.3. The fraction of sp³-hybridized carbons (Fsp3) is 0.158. The summed E-state index contributed by atoms with van der Waals surface area (Å²) in [4.78, 5) is 17.9. The van der Waals surface area contributed by atoms with Crippen LogP contribution in [0.5, 0.6) is 0 Å². The van der Waals surface area contributed by atoms with Gasteiger partial charge in [-0.05, 0) is 37.4 Å². The molecule has 1 amide bonds. The lowest BCUT2D eigenvalue weighted by Gasteiger charge is -2.08. The Hall–Kier alpha value is -2.91. The number of anilines is 1. The van der Waals surface area contributed by atoms with Crippen LogP contribution in [-0.2, 0) is 4.79 Å². The predicted octanol–water partition coefficient (Wildman–Crippen LogP) is 4.07. The lowest BCUT2D eigenvalue weighted by atomic mass is 10.2. The number of hydrogen-bond acceptors (Lipinski definition) is 6. The topological polar surface area (TPSA) is 88.5 Å². The van der Waals surface area contributed by atoms with E-state index in [2.05, 4.69) is 25.6 Å². The van der Waals surface area contributed by atoms with Gasteiger partial charge in [0.15, 0.2) is 5.82 Å². The maximum Gasteiger partial charge on any atom is 0.236 e. The first-order chi connectivity index (χ1) is 13.6. The molecule has 4 aromatic rings. The van der Waals surface area contributed by atoms with Crippen LogP contribution in [0.3, 0.4) is 0 Å². The van der Waals surface area contributed by atoms with Crippen molar-refractivity contribution in [2.45, 2.75) is 19.0 Å². The molecule has 9 heteroatoms. The zero-order chi connectivity index (χ0) is 19.5. The van der Waals surface area contributed by atoms with Crippen molar-refractivity contribution in [2.24, 2.45) is 0 Å². The number of hydrogen-bond donors (Lipinski definition) is 2. The Morgan fingerprint density at radius 2 is 2.07 bits per heavy atom. The highest BCUT2D eigenvalue weighted by atomic mass is 32.2. The average Bonchev–Trinajstić information content (AvgIpc) is 3.41. The molecule has 1 aromatic carbocycles. The maximum atomic E-state index is 12.4. The van der Waals surface area contributed by atoms with E-state index in [9.17, 15) is 4.79 Å². The van der Waals surface area contributed by atoms with Gasteiger partial charge in [0.25, 0.3) is 0 Å². The van der Waals surface area contributed by atoms with E-state index >= 15 is 0 Å². The molecule has 0 spiro atoms. The number of thiophene rings is 1. The molecular weight excluding hydrogens is 392 g/mol. The van der Waals surface area contributed by atoms with E-state index in [0.29, 0.717) is 16.8 Å². The molecule has 0 aliphatic rings. The number of nitrogens with zero attached hydrogens (tertiary/aromatic N) is 4. The molecule has 4 rings (SSSR count). The number of carbonyl (C=O) groups excluding carboxylic acids is 1. The van der Waals surface area contributed by atoms with E-state index in [1.165, 1.54) is 17.3 Å². The van der Waals surface area contributed by atoms with Gasteiger partial charge in [-0.25, -0.2) is 9.67 Å². The summed E-state index contributed by atoms with van der Waals surface area (Å²) in [5, 5.41) is 17.0. The molecule has 0 aliphatic heterocycles. The number of H-pyrrole nitrogens is 1. The van der Waals surface area contributed by atoms with Crippen LogP contribution in [0.1, 0.15) is 11.3 Å². The van der Waals surface area contributed by atoms with Crippen molar-refractivity contribution < 1.29 is 4.79 Å². The van der Waals surface area contributed by atoms with Gasteiger partial charge in [-0.15, -0.1) is 16.4 Å². The summed E-state index contributed by atoms with van der Waals surface area (Å²) in [6.45, 7) is 3.93. The van der Waals surface area contributed by atoms with Crippen LogP contribution in [0, 0.1) is 13.8 Å². The lowest BCUT2D eigenvalue weighted by Crippen LogP contribution is -2.17. The molecule has 0 bridgehead atoms. The molecule has 0 radical (unpaired) electrons. The minimum Gasteiger partial charge on any atom is -0.310 e. The van der Waals surface area contributed by atoms with Crippen molar-refractivity contribution in [1.29, 1.82) is 0 Å². The summed E-state index contributed by atoms with van der Waals surface area (Å²) < 4.78 is 1.74. The van der Waals surface area contributed by atoms with E-state index in [1.54, 1.807) is 16.0 Å². The highest BCUT2D eigenvalue weighted by molar-refractivity contribution is 7.99. The van der Waals surface area contributed by atoms with Gasteiger partial charge < -0.3 is 5.32 Å². The van der Waals surface area contributed by atoms with Crippen molar-refractivity contribution in [3.05, 3.63) is 59.1 Å². The van der Waals surface area contributed by atoms with Gasteiger partial charge in [-0.2, -0.15) is 5.10 Å². The van der Waals surface area contributed by atoms with Gasteiger partial charge in [-0.1, -0.05) is 35.5 Å². The summed E-state index contributed by atoms with van der Waals surface area (Å²) in [6.07, 6.45) is 0. The summed E-state index contributed by atoms with van der Waals surface area (Å²) in [6, 6.07) is 13.8. The van der Waals surface area contributed by atoms with E-state index in [4.69, 9.17) is 0 Å². The van der Waals surface area contributed by atoms with E-state index < -0.39 is 0 Å². The number of carbonyl (C=O) groups is 1. The van der Waals surface area contributed by atoms with Crippen molar-refractivity contribution in [3.63, 3.8) is 0 Å². The number of benzene rings is 1. The Morgan fingerprint density at radius 3 is 2.82 bits per heavy atom. The number of rotatable bonds is 6. The molecule has 0 atom stereocenters. The Bertz CT molecular complexity index is 1080. The maximum absolute atomic E-state index is 12.4. The summed E-state index contributed by atoms with van der Waals surface area (Å²) >= 11 is 2.87. The Morgan fingerprint density at radius 1 is 1.25 bits per heavy atom. The van der Waals surface area contributed by atoms with Crippen molar-refractivity contribution >= 4 is 34.8 Å². The Labute approximate surface area is 170 Å². The molecule has 7 nitrogen and oxygen atoms in total. The minimum absolute atomic E-state index is 0.138. The molecular formula is C19H18N6OS2. The number of aromatic amines is 1. The summed E-state index contributed by atoms with van der Waals surface area (Å²) in [5.41, 5.74) is 2.90. The van der Waals surface area contributed by atoms with E-state index in [0.717, 1.165) is 16.3 Å². The minimum atomic E-state index is -0.138. The average molecular weight is 411 g/mol. The number of thioether (sulfide) groups is 1. The third-order valence-corrected chi connectivity index (χ3v) is 5.65. The second-order valence-corrected chi connectivity index (χ2v) is 8.09. The predicted molar refractivity (Wildman–Crippen MR) is 112 cm³/mol. The largest absolute Gasteiger partial charge is 0.310 e. The van der Waals surface area contributed by atoms with Crippen LogP contribution < -0.4 is 5.32 Å². The smallest absolute Gasteiger partial charge is 0.236 e. The van der Waals surface area contributed by atoms with E-state index in [1.807, 2.05) is 61.7 Å². The van der Waals surface area contributed by atoms with Crippen molar-refractivity contribution in [3.8, 4) is 16.4 Å². The highest BCUT2D eigenvalue weighted by Crippen LogP contribution is 2.23. The quantitative estimate of drug-likeness (QED) is 0.468. The van der Waals surface area contributed by atoms with Gasteiger partial charge in [0.2, 0.25) is 11.1 Å². The highest BCUT2D eigenvalue weighted by Gasteiger charge is 2.13. The van der Waals surface area contributed by atoms with Crippen LogP contribution in [0.25, 0.3) is 16.4 Å². The number of aryl methyl sites for hydroxylation is 2. The van der Waals surface area contributed by atoms with Gasteiger partial charge in [0.05, 0.1) is 22.0 Å². The second-order valence-electron chi connectivity index (χ2n) is 6.20. The van der Waals surface area contributed by atoms with Gasteiger partial charge in [0, 0.05) is 6.07 Å². The molecule has 0 aliphatic carbocycles. The van der Waals surface area contributed by atoms with Crippen LogP contribution >= 0.6 is 23.1 Å². The first-order valence-electron chi connectivity index (χ1n) is 8.61. The van der Waals surface area contributed by atoms with Crippen LogP contribution in [0.15, 0.2) is 53.0 Å². The van der Waals surface area contributed by atoms with Gasteiger partial charge in [-0.3, -0.25) is 9.89 Å². The molecule has 142 valence electrons. The van der Waals surface area contributed by atoms with Crippen LogP contribution in [0.2, 0.25) is 0 Å².